The molecule has 0 aliphatic rings. The molecule has 0 saturated carbocycles. The number of aromatic nitrogens is 2. The van der Waals surface area contributed by atoms with Gasteiger partial charge in [-0.1, -0.05) is 29.8 Å². The van der Waals surface area contributed by atoms with Crippen molar-refractivity contribution < 1.29 is 9.18 Å². The van der Waals surface area contributed by atoms with Gasteiger partial charge in [-0.25, -0.2) is 4.98 Å². The fourth-order valence-electron chi connectivity index (χ4n) is 2.31. The molecule has 0 fully saturated rings. The molecule has 0 aliphatic heterocycles. The van der Waals surface area contributed by atoms with E-state index in [0.29, 0.717) is 5.82 Å². The molecule has 0 unspecified atom stereocenters. The van der Waals surface area contributed by atoms with Gasteiger partial charge in [-0.05, 0) is 23.8 Å². The van der Waals surface area contributed by atoms with Gasteiger partial charge in [0.2, 0.25) is 11.9 Å². The van der Waals surface area contributed by atoms with E-state index in [-0.39, 0.29) is 11.4 Å². The summed E-state index contributed by atoms with van der Waals surface area (Å²) < 4.78 is 15.3. The Morgan fingerprint density at radius 2 is 2.05 bits per heavy atom. The Morgan fingerprint density at radius 1 is 1.29 bits per heavy atom. The molecule has 0 aliphatic carbocycles. The molecule has 0 atom stereocenters. The maximum absolute atomic E-state index is 13.6. The van der Waals surface area contributed by atoms with E-state index in [9.17, 15) is 9.18 Å². The Morgan fingerprint density at radius 3 is 2.76 bits per heavy atom. The zero-order valence-electron chi connectivity index (χ0n) is 10.9. The van der Waals surface area contributed by atoms with Gasteiger partial charge < -0.3 is 10.3 Å². The van der Waals surface area contributed by atoms with Crippen molar-refractivity contribution in [1.82, 2.24) is 9.55 Å². The van der Waals surface area contributed by atoms with E-state index >= 15 is 0 Å². The van der Waals surface area contributed by atoms with Crippen LogP contribution >= 0.6 is 11.6 Å². The molecule has 2 aromatic heterocycles. The van der Waals surface area contributed by atoms with Crippen molar-refractivity contribution in [2.24, 2.45) is 5.73 Å². The van der Waals surface area contributed by atoms with Gasteiger partial charge in [0, 0.05) is 11.6 Å². The van der Waals surface area contributed by atoms with Gasteiger partial charge in [0.1, 0.15) is 5.82 Å². The van der Waals surface area contributed by atoms with Crippen LogP contribution in [0.2, 0.25) is 5.02 Å². The number of para-hydroxylation sites is 1. The average Bonchev–Trinajstić information content (AvgIpc) is 2.80. The number of amides is 1. The lowest BCUT2D eigenvalue weighted by molar-refractivity contribution is -0.117. The van der Waals surface area contributed by atoms with E-state index in [0.717, 1.165) is 16.5 Å². The zero-order valence-corrected chi connectivity index (χ0v) is 11.6. The number of carbonyl (C=O) groups is 1. The van der Waals surface area contributed by atoms with Gasteiger partial charge in [-0.15, -0.1) is 0 Å². The molecule has 6 heteroatoms. The average molecular weight is 304 g/mol. The van der Waals surface area contributed by atoms with Crippen LogP contribution in [0.25, 0.3) is 16.7 Å². The van der Waals surface area contributed by atoms with Crippen molar-refractivity contribution >= 4 is 28.4 Å². The van der Waals surface area contributed by atoms with Crippen LogP contribution in [-0.2, 0) is 11.2 Å². The standard InChI is InChI=1S/C15H11ClFN3O/c16-11-5-6-14(19-15(11)17)20-8-9(7-13(18)21)10-3-1-2-4-12(10)20/h1-6,8H,7H2,(H2,18,21). The number of rotatable bonds is 3. The van der Waals surface area contributed by atoms with Crippen LogP contribution in [0, 0.1) is 5.95 Å². The predicted molar refractivity (Wildman–Crippen MR) is 78.9 cm³/mol. The highest BCUT2D eigenvalue weighted by Gasteiger charge is 2.13. The molecule has 2 heterocycles. The van der Waals surface area contributed by atoms with Crippen LogP contribution in [0.4, 0.5) is 4.39 Å². The summed E-state index contributed by atoms with van der Waals surface area (Å²) >= 11 is 5.65. The lowest BCUT2D eigenvalue weighted by Crippen LogP contribution is -2.13. The molecule has 0 bridgehead atoms. The monoisotopic (exact) mass is 303 g/mol. The lowest BCUT2D eigenvalue weighted by atomic mass is 10.1. The Kier molecular flexibility index (Phi) is 3.35. The molecule has 0 radical (unpaired) electrons. The third-order valence-electron chi connectivity index (χ3n) is 3.19. The first kappa shape index (κ1) is 13.6. The molecule has 2 N–H and O–H groups in total. The number of hydrogen-bond acceptors (Lipinski definition) is 2. The number of halogens is 2. The number of benzene rings is 1. The Labute approximate surface area is 125 Å². The van der Waals surface area contributed by atoms with Gasteiger partial charge >= 0.3 is 0 Å². The summed E-state index contributed by atoms with van der Waals surface area (Å²) in [6, 6.07) is 10.5. The third-order valence-corrected chi connectivity index (χ3v) is 3.48. The number of primary amides is 1. The second-order valence-corrected chi connectivity index (χ2v) is 5.03. The van der Waals surface area contributed by atoms with E-state index in [1.807, 2.05) is 24.3 Å². The quantitative estimate of drug-likeness (QED) is 0.756. The van der Waals surface area contributed by atoms with E-state index in [1.165, 1.54) is 6.07 Å². The summed E-state index contributed by atoms with van der Waals surface area (Å²) in [6.45, 7) is 0. The van der Waals surface area contributed by atoms with Crippen molar-refractivity contribution in [2.45, 2.75) is 6.42 Å². The molecular weight excluding hydrogens is 293 g/mol. The topological polar surface area (TPSA) is 60.9 Å². The molecule has 3 aromatic rings. The highest BCUT2D eigenvalue weighted by Crippen LogP contribution is 2.25. The summed E-state index contributed by atoms with van der Waals surface area (Å²) in [7, 11) is 0. The van der Waals surface area contributed by atoms with Crippen LogP contribution in [0.3, 0.4) is 0 Å². The van der Waals surface area contributed by atoms with Crippen molar-refractivity contribution in [3.05, 3.63) is 59.1 Å². The molecule has 0 saturated heterocycles. The van der Waals surface area contributed by atoms with Crippen molar-refractivity contribution in [1.29, 1.82) is 0 Å². The van der Waals surface area contributed by atoms with Crippen LogP contribution in [0.5, 0.6) is 0 Å². The Balaban J connectivity index is 2.22. The van der Waals surface area contributed by atoms with E-state index in [4.69, 9.17) is 17.3 Å². The van der Waals surface area contributed by atoms with Crippen molar-refractivity contribution in [3.63, 3.8) is 0 Å². The van der Waals surface area contributed by atoms with E-state index in [1.54, 1.807) is 16.8 Å². The molecular formula is C15H11ClFN3O. The number of hydrogen-bond donors (Lipinski definition) is 1. The SMILES string of the molecule is NC(=O)Cc1cn(-c2ccc(Cl)c(F)n2)c2ccccc12. The summed E-state index contributed by atoms with van der Waals surface area (Å²) in [5.41, 5.74) is 6.86. The molecule has 1 aromatic carbocycles. The maximum Gasteiger partial charge on any atom is 0.233 e. The van der Waals surface area contributed by atoms with Crippen LogP contribution in [-0.4, -0.2) is 15.5 Å². The molecule has 3 rings (SSSR count). The third kappa shape index (κ3) is 2.48. The van der Waals surface area contributed by atoms with Gasteiger partial charge in [-0.2, -0.15) is 4.39 Å². The largest absolute Gasteiger partial charge is 0.369 e. The van der Waals surface area contributed by atoms with Gasteiger partial charge in [0.15, 0.2) is 0 Å². The smallest absolute Gasteiger partial charge is 0.233 e. The molecule has 0 spiro atoms. The minimum atomic E-state index is -0.733. The second-order valence-electron chi connectivity index (χ2n) is 4.63. The molecule has 4 nitrogen and oxygen atoms in total. The summed E-state index contributed by atoms with van der Waals surface area (Å²) in [5, 5.41) is 0.848. The first-order valence-electron chi connectivity index (χ1n) is 6.26. The van der Waals surface area contributed by atoms with Crippen molar-refractivity contribution in [3.8, 4) is 5.82 Å². The number of nitrogens with zero attached hydrogens (tertiary/aromatic N) is 2. The lowest BCUT2D eigenvalue weighted by Gasteiger charge is -2.04. The summed E-state index contributed by atoms with van der Waals surface area (Å²) in [6.07, 6.45) is 1.86. The fraction of sp³-hybridized carbons (Fsp3) is 0.0667. The van der Waals surface area contributed by atoms with Gasteiger partial charge in [-0.3, -0.25) is 4.79 Å². The maximum atomic E-state index is 13.6. The van der Waals surface area contributed by atoms with Crippen LogP contribution in [0.1, 0.15) is 5.56 Å². The Bertz CT molecular complexity index is 844. The molecule has 21 heavy (non-hydrogen) atoms. The summed E-state index contributed by atoms with van der Waals surface area (Å²) in [4.78, 5) is 15.0. The molecule has 106 valence electrons. The van der Waals surface area contributed by atoms with Crippen LogP contribution in [0.15, 0.2) is 42.6 Å². The fourth-order valence-corrected chi connectivity index (χ4v) is 2.42. The van der Waals surface area contributed by atoms with Gasteiger partial charge in [0.05, 0.1) is 17.0 Å². The first-order valence-corrected chi connectivity index (χ1v) is 6.64. The molecule has 1 amide bonds. The highest BCUT2D eigenvalue weighted by molar-refractivity contribution is 6.30. The normalized spacial score (nSPS) is 11.0. The number of pyridine rings is 1. The van der Waals surface area contributed by atoms with E-state index in [2.05, 4.69) is 4.98 Å². The Hall–Kier alpha value is -2.40. The summed E-state index contributed by atoms with van der Waals surface area (Å²) in [5.74, 6) is -0.764. The minimum absolute atomic E-state index is 0.0347. The predicted octanol–water partition coefficient (Wildman–Crippen LogP) is 2.85. The number of carbonyl (C=O) groups excluding carboxylic acids is 1. The zero-order chi connectivity index (χ0) is 15.0. The minimum Gasteiger partial charge on any atom is -0.369 e. The van der Waals surface area contributed by atoms with Crippen molar-refractivity contribution in [2.75, 3.05) is 0 Å². The van der Waals surface area contributed by atoms with Gasteiger partial charge in [0.25, 0.3) is 0 Å². The first-order chi connectivity index (χ1) is 10.1. The second kappa shape index (κ2) is 5.18. The number of fused-ring (bicyclic) bond motifs is 1. The highest BCUT2D eigenvalue weighted by atomic mass is 35.5. The van der Waals surface area contributed by atoms with E-state index < -0.39 is 11.9 Å². The number of nitrogens with two attached hydrogens (primary N) is 1. The van der Waals surface area contributed by atoms with Crippen LogP contribution < -0.4 is 5.73 Å².